The summed E-state index contributed by atoms with van der Waals surface area (Å²) in [7, 11) is 3.58. The largest absolute Gasteiger partial charge is 0.368 e. The molecule has 0 saturated carbocycles. The van der Waals surface area contributed by atoms with Crippen molar-refractivity contribution in [3.8, 4) is 0 Å². The van der Waals surface area contributed by atoms with Crippen molar-refractivity contribution in [1.82, 2.24) is 14.9 Å². The molecule has 1 saturated heterocycles. The molecule has 7 heteroatoms. The Balaban J connectivity index is 2.01. The van der Waals surface area contributed by atoms with E-state index in [-0.39, 0.29) is 17.8 Å². The average Bonchev–Trinajstić information content (AvgIpc) is 2.37. The topological polar surface area (TPSA) is 75.4 Å². The second-order valence-electron chi connectivity index (χ2n) is 4.90. The molecule has 104 valence electrons. The normalized spacial score (nSPS) is 16.5. The molecule has 2 rings (SSSR count). The summed E-state index contributed by atoms with van der Waals surface area (Å²) in [6.07, 6.45) is 1.64. The minimum absolute atomic E-state index is 0.0981. The van der Waals surface area contributed by atoms with Crippen LogP contribution in [0.5, 0.6) is 0 Å². The van der Waals surface area contributed by atoms with E-state index in [0.717, 1.165) is 31.7 Å². The molecule has 0 unspecified atom stereocenters. The SMILES string of the molecule is CN(C)C(=O)C1CCN(c2cc(Cl)nc(N)n2)CC1. The molecule has 2 N–H and O–H groups in total. The Kier molecular flexibility index (Phi) is 4.09. The molecule has 1 aromatic heterocycles. The number of piperidine rings is 1. The zero-order chi connectivity index (χ0) is 14.0. The Morgan fingerprint density at radius 2 is 2.05 bits per heavy atom. The minimum Gasteiger partial charge on any atom is -0.368 e. The van der Waals surface area contributed by atoms with E-state index in [2.05, 4.69) is 14.9 Å². The molecule has 19 heavy (non-hydrogen) atoms. The van der Waals surface area contributed by atoms with Crippen LogP contribution in [-0.2, 0) is 4.79 Å². The lowest BCUT2D eigenvalue weighted by molar-refractivity contribution is -0.133. The van der Waals surface area contributed by atoms with Gasteiger partial charge in [0.15, 0.2) is 0 Å². The molecule has 2 heterocycles. The lowest BCUT2D eigenvalue weighted by Crippen LogP contribution is -2.40. The Bertz CT molecular complexity index is 451. The van der Waals surface area contributed by atoms with Crippen LogP contribution >= 0.6 is 11.6 Å². The molecule has 0 aromatic carbocycles. The summed E-state index contributed by atoms with van der Waals surface area (Å²) in [6, 6.07) is 1.70. The third kappa shape index (κ3) is 3.26. The molecule has 1 fully saturated rings. The number of aromatic nitrogens is 2. The van der Waals surface area contributed by atoms with Gasteiger partial charge in [-0.2, -0.15) is 4.98 Å². The van der Waals surface area contributed by atoms with Gasteiger partial charge in [0.1, 0.15) is 11.0 Å². The first-order valence-electron chi connectivity index (χ1n) is 6.23. The van der Waals surface area contributed by atoms with Gasteiger partial charge in [0.05, 0.1) is 0 Å². The quantitative estimate of drug-likeness (QED) is 0.820. The number of anilines is 2. The zero-order valence-corrected chi connectivity index (χ0v) is 11.9. The van der Waals surface area contributed by atoms with Crippen molar-refractivity contribution >= 4 is 29.3 Å². The fourth-order valence-electron chi connectivity index (χ4n) is 2.31. The van der Waals surface area contributed by atoms with Gasteiger partial charge >= 0.3 is 0 Å². The average molecular weight is 284 g/mol. The fraction of sp³-hybridized carbons (Fsp3) is 0.583. The van der Waals surface area contributed by atoms with Gasteiger partial charge in [-0.25, -0.2) is 4.98 Å². The second kappa shape index (κ2) is 5.61. The number of rotatable bonds is 2. The van der Waals surface area contributed by atoms with Gasteiger partial charge < -0.3 is 15.5 Å². The highest BCUT2D eigenvalue weighted by molar-refractivity contribution is 6.29. The molecule has 1 aliphatic heterocycles. The predicted molar refractivity (Wildman–Crippen MR) is 75.1 cm³/mol. The molecule has 0 spiro atoms. The predicted octanol–water partition coefficient (Wildman–Crippen LogP) is 1.02. The van der Waals surface area contributed by atoms with Crippen LogP contribution in [0.25, 0.3) is 0 Å². The Morgan fingerprint density at radius 1 is 1.42 bits per heavy atom. The summed E-state index contributed by atoms with van der Waals surface area (Å²) in [4.78, 5) is 23.6. The number of hydrogen-bond donors (Lipinski definition) is 1. The summed E-state index contributed by atoms with van der Waals surface area (Å²) in [6.45, 7) is 1.55. The van der Waals surface area contributed by atoms with Crippen LogP contribution in [0.3, 0.4) is 0 Å². The maximum absolute atomic E-state index is 11.9. The van der Waals surface area contributed by atoms with Crippen molar-refractivity contribution in [2.24, 2.45) is 5.92 Å². The van der Waals surface area contributed by atoms with Crippen molar-refractivity contribution in [2.45, 2.75) is 12.8 Å². The van der Waals surface area contributed by atoms with Crippen LogP contribution in [0.1, 0.15) is 12.8 Å². The summed E-state index contributed by atoms with van der Waals surface area (Å²) >= 11 is 5.87. The maximum Gasteiger partial charge on any atom is 0.225 e. The number of halogens is 1. The first kappa shape index (κ1) is 13.9. The van der Waals surface area contributed by atoms with Gasteiger partial charge in [0, 0.05) is 39.2 Å². The van der Waals surface area contributed by atoms with Crippen molar-refractivity contribution in [3.63, 3.8) is 0 Å². The smallest absolute Gasteiger partial charge is 0.225 e. The standard InChI is InChI=1S/C12H18ClN5O/c1-17(2)11(19)8-3-5-18(6-4-8)10-7-9(13)15-12(14)16-10/h7-8H,3-6H2,1-2H3,(H2,14,15,16). The Labute approximate surface area is 117 Å². The highest BCUT2D eigenvalue weighted by Gasteiger charge is 2.26. The van der Waals surface area contributed by atoms with Crippen LogP contribution in [0, 0.1) is 5.92 Å². The molecule has 1 aliphatic rings. The number of nitrogens with zero attached hydrogens (tertiary/aromatic N) is 4. The summed E-state index contributed by atoms with van der Waals surface area (Å²) in [5.41, 5.74) is 5.59. The van der Waals surface area contributed by atoms with E-state index in [0.29, 0.717) is 5.15 Å². The van der Waals surface area contributed by atoms with E-state index in [1.54, 1.807) is 25.1 Å². The highest BCUT2D eigenvalue weighted by Crippen LogP contribution is 2.24. The van der Waals surface area contributed by atoms with E-state index in [4.69, 9.17) is 17.3 Å². The third-order valence-electron chi connectivity index (χ3n) is 3.31. The molecule has 0 radical (unpaired) electrons. The molecule has 0 bridgehead atoms. The molecule has 0 atom stereocenters. The summed E-state index contributed by atoms with van der Waals surface area (Å²) < 4.78 is 0. The van der Waals surface area contributed by atoms with E-state index >= 15 is 0 Å². The van der Waals surface area contributed by atoms with Crippen molar-refractivity contribution < 1.29 is 4.79 Å². The minimum atomic E-state index is 0.0981. The van der Waals surface area contributed by atoms with Gasteiger partial charge in [-0.05, 0) is 12.8 Å². The van der Waals surface area contributed by atoms with Gasteiger partial charge in [-0.1, -0.05) is 11.6 Å². The number of amides is 1. The van der Waals surface area contributed by atoms with Crippen LogP contribution in [0.4, 0.5) is 11.8 Å². The first-order valence-corrected chi connectivity index (χ1v) is 6.61. The van der Waals surface area contributed by atoms with E-state index in [1.165, 1.54) is 0 Å². The van der Waals surface area contributed by atoms with Crippen LogP contribution in [0.2, 0.25) is 5.15 Å². The number of nitrogens with two attached hydrogens (primary N) is 1. The van der Waals surface area contributed by atoms with E-state index in [9.17, 15) is 4.79 Å². The number of hydrogen-bond acceptors (Lipinski definition) is 5. The molecule has 0 aliphatic carbocycles. The molecule has 1 aromatic rings. The number of nitrogen functional groups attached to an aromatic ring is 1. The fourth-order valence-corrected chi connectivity index (χ4v) is 2.49. The maximum atomic E-state index is 11.9. The molecular formula is C12H18ClN5O. The lowest BCUT2D eigenvalue weighted by Gasteiger charge is -2.33. The number of carbonyl (C=O) groups excluding carboxylic acids is 1. The highest BCUT2D eigenvalue weighted by atomic mass is 35.5. The molecule has 1 amide bonds. The van der Waals surface area contributed by atoms with Gasteiger partial charge in [-0.15, -0.1) is 0 Å². The molecular weight excluding hydrogens is 266 g/mol. The Hall–Kier alpha value is -1.56. The molecule has 6 nitrogen and oxygen atoms in total. The number of carbonyl (C=O) groups is 1. The van der Waals surface area contributed by atoms with Crippen molar-refractivity contribution in [3.05, 3.63) is 11.2 Å². The summed E-state index contributed by atoms with van der Waals surface area (Å²) in [5.74, 6) is 1.20. The van der Waals surface area contributed by atoms with Gasteiger partial charge in [-0.3, -0.25) is 4.79 Å². The zero-order valence-electron chi connectivity index (χ0n) is 11.1. The van der Waals surface area contributed by atoms with Crippen molar-refractivity contribution in [1.29, 1.82) is 0 Å². The van der Waals surface area contributed by atoms with Gasteiger partial charge in [0.25, 0.3) is 0 Å². The van der Waals surface area contributed by atoms with Crippen LogP contribution in [0.15, 0.2) is 6.07 Å². The van der Waals surface area contributed by atoms with Crippen LogP contribution < -0.4 is 10.6 Å². The van der Waals surface area contributed by atoms with E-state index < -0.39 is 0 Å². The van der Waals surface area contributed by atoms with Crippen molar-refractivity contribution in [2.75, 3.05) is 37.8 Å². The lowest BCUT2D eigenvalue weighted by atomic mass is 9.95. The summed E-state index contributed by atoms with van der Waals surface area (Å²) in [5, 5.41) is 0.342. The first-order chi connectivity index (χ1) is 8.97. The van der Waals surface area contributed by atoms with E-state index in [1.807, 2.05) is 0 Å². The third-order valence-corrected chi connectivity index (χ3v) is 3.50. The van der Waals surface area contributed by atoms with Gasteiger partial charge in [0.2, 0.25) is 11.9 Å². The second-order valence-corrected chi connectivity index (χ2v) is 5.29. The Morgan fingerprint density at radius 3 is 2.58 bits per heavy atom. The van der Waals surface area contributed by atoms with Crippen LogP contribution in [-0.4, -0.2) is 48.0 Å². The monoisotopic (exact) mass is 283 g/mol.